The van der Waals surface area contributed by atoms with Gasteiger partial charge in [-0.3, -0.25) is 0 Å². The molecule has 1 rings (SSSR count). The first-order valence-corrected chi connectivity index (χ1v) is 10.00. The Morgan fingerprint density at radius 1 is 1.00 bits per heavy atom. The summed E-state index contributed by atoms with van der Waals surface area (Å²) in [6, 6.07) is 0. The van der Waals surface area contributed by atoms with Crippen LogP contribution in [0.2, 0.25) is 0 Å². The van der Waals surface area contributed by atoms with Gasteiger partial charge >= 0.3 is 5.97 Å². The molecule has 0 amide bonds. The van der Waals surface area contributed by atoms with E-state index in [2.05, 4.69) is 11.9 Å². The first-order valence-electron chi connectivity index (χ1n) is 9.12. The SMILES string of the molecule is CCCCCCCCCCCCCCOC(=O)c1csc(N)n1. The summed E-state index contributed by atoms with van der Waals surface area (Å²) in [5.74, 6) is -0.360. The molecule has 0 saturated carbocycles. The number of thiazole rings is 1. The number of nitrogens with zero attached hydrogens (tertiary/aromatic N) is 1. The standard InChI is InChI=1S/C18H32N2O2S/c1-2-3-4-5-6-7-8-9-10-11-12-13-14-22-17(21)16-15-23-18(19)20-16/h15H,2-14H2,1H3,(H2,19,20). The van der Waals surface area contributed by atoms with Crippen molar-refractivity contribution in [2.75, 3.05) is 12.3 Å². The lowest BCUT2D eigenvalue weighted by Gasteiger charge is -2.04. The number of anilines is 1. The van der Waals surface area contributed by atoms with Crippen molar-refractivity contribution in [2.24, 2.45) is 0 Å². The number of nitrogen functional groups attached to an aromatic ring is 1. The van der Waals surface area contributed by atoms with Crippen molar-refractivity contribution in [1.82, 2.24) is 4.98 Å². The highest BCUT2D eigenvalue weighted by Crippen LogP contribution is 2.13. The van der Waals surface area contributed by atoms with Crippen LogP contribution in [0.5, 0.6) is 0 Å². The molecule has 0 fully saturated rings. The van der Waals surface area contributed by atoms with E-state index >= 15 is 0 Å². The number of aromatic nitrogens is 1. The molecule has 0 aliphatic carbocycles. The second kappa shape index (κ2) is 13.3. The minimum atomic E-state index is -0.360. The summed E-state index contributed by atoms with van der Waals surface area (Å²) in [5, 5.41) is 2.04. The van der Waals surface area contributed by atoms with Gasteiger partial charge in [-0.2, -0.15) is 0 Å². The number of rotatable bonds is 14. The highest BCUT2D eigenvalue weighted by atomic mass is 32.1. The molecule has 4 nitrogen and oxygen atoms in total. The summed E-state index contributed by atoms with van der Waals surface area (Å²) >= 11 is 1.26. The third kappa shape index (κ3) is 10.3. The third-order valence-corrected chi connectivity index (χ3v) is 4.64. The Morgan fingerprint density at radius 3 is 2.00 bits per heavy atom. The zero-order valence-corrected chi connectivity index (χ0v) is 15.3. The van der Waals surface area contributed by atoms with Crippen LogP contribution in [0, 0.1) is 0 Å². The van der Waals surface area contributed by atoms with Crippen molar-refractivity contribution in [3.63, 3.8) is 0 Å². The topological polar surface area (TPSA) is 65.2 Å². The van der Waals surface area contributed by atoms with Gasteiger partial charge in [-0.15, -0.1) is 11.3 Å². The predicted octanol–water partition coefficient (Wildman–Crippen LogP) is 5.58. The average Bonchev–Trinajstić information content (AvgIpc) is 2.98. The van der Waals surface area contributed by atoms with E-state index in [0.717, 1.165) is 12.8 Å². The molecule has 1 heterocycles. The number of hydrogen-bond donors (Lipinski definition) is 1. The Morgan fingerprint density at radius 2 is 1.52 bits per heavy atom. The van der Waals surface area contributed by atoms with Gasteiger partial charge in [-0.1, -0.05) is 77.6 Å². The van der Waals surface area contributed by atoms with E-state index in [1.165, 1.54) is 75.5 Å². The van der Waals surface area contributed by atoms with Gasteiger partial charge < -0.3 is 10.5 Å². The quantitative estimate of drug-likeness (QED) is 0.354. The maximum absolute atomic E-state index is 11.6. The molecular weight excluding hydrogens is 308 g/mol. The van der Waals surface area contributed by atoms with Crippen LogP contribution in [0.3, 0.4) is 0 Å². The highest BCUT2D eigenvalue weighted by Gasteiger charge is 2.10. The van der Waals surface area contributed by atoms with Gasteiger partial charge in [0.25, 0.3) is 0 Å². The number of unbranched alkanes of at least 4 members (excludes halogenated alkanes) is 11. The molecule has 0 aliphatic rings. The zero-order chi connectivity index (χ0) is 16.8. The minimum Gasteiger partial charge on any atom is -0.461 e. The van der Waals surface area contributed by atoms with Crippen LogP contribution in [0.1, 0.15) is 94.5 Å². The lowest BCUT2D eigenvalue weighted by atomic mass is 10.1. The van der Waals surface area contributed by atoms with Crippen molar-refractivity contribution in [2.45, 2.75) is 84.0 Å². The Hall–Kier alpha value is -1.10. The van der Waals surface area contributed by atoms with Gasteiger partial charge in [0.15, 0.2) is 10.8 Å². The van der Waals surface area contributed by atoms with E-state index in [4.69, 9.17) is 10.5 Å². The molecule has 23 heavy (non-hydrogen) atoms. The van der Waals surface area contributed by atoms with Gasteiger partial charge in [0.05, 0.1) is 6.61 Å². The number of ether oxygens (including phenoxy) is 1. The number of carbonyl (C=O) groups is 1. The van der Waals surface area contributed by atoms with Crippen LogP contribution in [0.25, 0.3) is 0 Å². The summed E-state index contributed by atoms with van der Waals surface area (Å²) in [5.41, 5.74) is 5.82. The summed E-state index contributed by atoms with van der Waals surface area (Å²) in [7, 11) is 0. The first kappa shape index (κ1) is 19.9. The third-order valence-electron chi connectivity index (χ3n) is 3.96. The number of nitrogens with two attached hydrogens (primary N) is 1. The largest absolute Gasteiger partial charge is 0.461 e. The molecule has 132 valence electrons. The van der Waals surface area contributed by atoms with Gasteiger partial charge in [-0.05, 0) is 6.42 Å². The molecule has 2 N–H and O–H groups in total. The van der Waals surface area contributed by atoms with E-state index in [1.807, 2.05) is 0 Å². The Kier molecular flexibility index (Phi) is 11.6. The highest BCUT2D eigenvalue weighted by molar-refractivity contribution is 7.13. The van der Waals surface area contributed by atoms with Crippen LogP contribution < -0.4 is 5.73 Å². The molecule has 0 aromatic carbocycles. The van der Waals surface area contributed by atoms with E-state index < -0.39 is 0 Å². The summed E-state index contributed by atoms with van der Waals surface area (Å²) in [4.78, 5) is 15.5. The first-order chi connectivity index (χ1) is 11.2. The van der Waals surface area contributed by atoms with Gasteiger partial charge in [0.2, 0.25) is 0 Å². The Labute approximate surface area is 144 Å². The van der Waals surface area contributed by atoms with Gasteiger partial charge in [-0.25, -0.2) is 9.78 Å². The Bertz CT molecular complexity index is 421. The molecule has 0 unspecified atom stereocenters. The van der Waals surface area contributed by atoms with Gasteiger partial charge in [0.1, 0.15) is 0 Å². The van der Waals surface area contributed by atoms with Crippen LogP contribution >= 0.6 is 11.3 Å². The molecule has 0 radical (unpaired) electrons. The molecule has 1 aromatic rings. The fourth-order valence-electron chi connectivity index (χ4n) is 2.56. The summed E-state index contributed by atoms with van der Waals surface area (Å²) in [6.45, 7) is 2.74. The van der Waals surface area contributed by atoms with Crippen LogP contribution in [-0.2, 0) is 4.74 Å². The van der Waals surface area contributed by atoms with Crippen LogP contribution in [0.15, 0.2) is 5.38 Å². The molecule has 0 atom stereocenters. The van der Waals surface area contributed by atoms with E-state index in [9.17, 15) is 4.79 Å². The maximum Gasteiger partial charge on any atom is 0.357 e. The molecule has 0 aliphatic heterocycles. The summed E-state index contributed by atoms with van der Waals surface area (Å²) in [6.07, 6.45) is 15.6. The average molecular weight is 341 g/mol. The Balaban J connectivity index is 1.82. The number of esters is 1. The number of carbonyl (C=O) groups excluding carboxylic acids is 1. The minimum absolute atomic E-state index is 0.325. The van der Waals surface area contributed by atoms with Crippen molar-refractivity contribution in [1.29, 1.82) is 0 Å². The lowest BCUT2D eigenvalue weighted by molar-refractivity contribution is 0.0492. The van der Waals surface area contributed by atoms with E-state index in [1.54, 1.807) is 5.38 Å². The molecule has 5 heteroatoms. The second-order valence-electron chi connectivity index (χ2n) is 6.10. The van der Waals surface area contributed by atoms with Crippen LogP contribution in [0.4, 0.5) is 5.13 Å². The molecule has 0 spiro atoms. The second-order valence-corrected chi connectivity index (χ2v) is 6.99. The lowest BCUT2D eigenvalue weighted by Crippen LogP contribution is -2.07. The smallest absolute Gasteiger partial charge is 0.357 e. The zero-order valence-electron chi connectivity index (χ0n) is 14.5. The van der Waals surface area contributed by atoms with Gasteiger partial charge in [0, 0.05) is 5.38 Å². The molecule has 1 aromatic heterocycles. The monoisotopic (exact) mass is 340 g/mol. The predicted molar refractivity (Wildman–Crippen MR) is 97.9 cm³/mol. The molecular formula is C18H32N2O2S. The van der Waals surface area contributed by atoms with Crippen molar-refractivity contribution in [3.8, 4) is 0 Å². The van der Waals surface area contributed by atoms with E-state index in [0.29, 0.717) is 17.4 Å². The fraction of sp³-hybridized carbons (Fsp3) is 0.778. The van der Waals surface area contributed by atoms with Crippen molar-refractivity contribution >= 4 is 22.4 Å². The van der Waals surface area contributed by atoms with Crippen molar-refractivity contribution in [3.05, 3.63) is 11.1 Å². The molecule has 0 saturated heterocycles. The van der Waals surface area contributed by atoms with E-state index in [-0.39, 0.29) is 5.97 Å². The molecule has 0 bridgehead atoms. The van der Waals surface area contributed by atoms with Crippen molar-refractivity contribution < 1.29 is 9.53 Å². The maximum atomic E-state index is 11.6. The normalized spacial score (nSPS) is 10.8. The van der Waals surface area contributed by atoms with Crippen LogP contribution in [-0.4, -0.2) is 17.6 Å². The number of hydrogen-bond acceptors (Lipinski definition) is 5. The summed E-state index contributed by atoms with van der Waals surface area (Å²) < 4.78 is 5.18. The fourth-order valence-corrected chi connectivity index (χ4v) is 3.10.